The molecule has 2 unspecified atom stereocenters. The zero-order chi connectivity index (χ0) is 13.8. The molecule has 3 nitrogen and oxygen atoms in total. The van der Waals surface area contributed by atoms with Gasteiger partial charge in [-0.25, -0.2) is 0 Å². The first-order valence-electron chi connectivity index (χ1n) is 6.84. The molecular weight excluding hydrogens is 260 g/mol. The van der Waals surface area contributed by atoms with Crippen LogP contribution in [0.15, 0.2) is 24.3 Å². The van der Waals surface area contributed by atoms with Crippen molar-refractivity contribution in [3.63, 3.8) is 0 Å². The molecule has 0 aliphatic heterocycles. The number of amides is 1. The van der Waals surface area contributed by atoms with Gasteiger partial charge in [-0.1, -0.05) is 29.8 Å². The van der Waals surface area contributed by atoms with Gasteiger partial charge in [0.1, 0.15) is 0 Å². The molecule has 1 amide bonds. The van der Waals surface area contributed by atoms with Gasteiger partial charge in [-0.05, 0) is 43.7 Å². The lowest BCUT2D eigenvalue weighted by molar-refractivity contribution is -0.122. The molecule has 3 N–H and O–H groups in total. The van der Waals surface area contributed by atoms with Crippen LogP contribution in [0.1, 0.15) is 31.7 Å². The Bertz CT molecular complexity index is 446. The third kappa shape index (κ3) is 4.51. The van der Waals surface area contributed by atoms with Crippen LogP contribution in [0.2, 0.25) is 5.02 Å². The van der Waals surface area contributed by atoms with Gasteiger partial charge in [0.15, 0.2) is 0 Å². The van der Waals surface area contributed by atoms with Gasteiger partial charge in [0.05, 0.1) is 0 Å². The average molecular weight is 281 g/mol. The van der Waals surface area contributed by atoms with E-state index in [0.717, 1.165) is 17.0 Å². The first-order valence-corrected chi connectivity index (χ1v) is 7.22. The average Bonchev–Trinajstić information content (AvgIpc) is 3.15. The van der Waals surface area contributed by atoms with Gasteiger partial charge < -0.3 is 11.1 Å². The van der Waals surface area contributed by atoms with Crippen molar-refractivity contribution < 1.29 is 4.79 Å². The molecular formula is C15H21ClN2O. The van der Waals surface area contributed by atoms with E-state index in [1.165, 1.54) is 12.8 Å². The van der Waals surface area contributed by atoms with Crippen molar-refractivity contribution >= 4 is 17.5 Å². The minimum absolute atomic E-state index is 0.0208. The second kappa shape index (κ2) is 6.40. The maximum atomic E-state index is 11.8. The Labute approximate surface area is 119 Å². The summed E-state index contributed by atoms with van der Waals surface area (Å²) in [6, 6.07) is 7.81. The van der Waals surface area contributed by atoms with Crippen molar-refractivity contribution in [2.24, 2.45) is 11.7 Å². The number of carbonyl (C=O) groups is 1. The summed E-state index contributed by atoms with van der Waals surface area (Å²) >= 11 is 6.11. The Kier molecular flexibility index (Phi) is 4.83. The third-order valence-corrected chi connectivity index (χ3v) is 3.91. The van der Waals surface area contributed by atoms with Crippen LogP contribution in [0.5, 0.6) is 0 Å². The number of benzene rings is 1. The quantitative estimate of drug-likeness (QED) is 0.841. The summed E-state index contributed by atoms with van der Waals surface area (Å²) in [4.78, 5) is 11.8. The molecule has 0 heterocycles. The van der Waals surface area contributed by atoms with E-state index in [1.54, 1.807) is 0 Å². The fourth-order valence-corrected chi connectivity index (χ4v) is 2.50. The van der Waals surface area contributed by atoms with E-state index in [4.69, 9.17) is 17.3 Å². The first-order chi connectivity index (χ1) is 9.06. The Morgan fingerprint density at radius 2 is 2.16 bits per heavy atom. The van der Waals surface area contributed by atoms with E-state index < -0.39 is 0 Å². The molecule has 1 fully saturated rings. The Balaban J connectivity index is 1.78. The van der Waals surface area contributed by atoms with Crippen LogP contribution in [0.25, 0.3) is 0 Å². The molecule has 0 saturated heterocycles. The highest BCUT2D eigenvalue weighted by atomic mass is 35.5. The van der Waals surface area contributed by atoms with Crippen LogP contribution >= 0.6 is 11.6 Å². The van der Waals surface area contributed by atoms with Gasteiger partial charge >= 0.3 is 0 Å². The first kappa shape index (κ1) is 14.4. The van der Waals surface area contributed by atoms with Crippen molar-refractivity contribution in [2.75, 3.05) is 0 Å². The largest absolute Gasteiger partial charge is 0.353 e. The summed E-state index contributed by atoms with van der Waals surface area (Å²) in [5.74, 6) is 0.601. The Morgan fingerprint density at radius 1 is 1.47 bits per heavy atom. The number of nitrogens with one attached hydrogen (secondary N) is 1. The van der Waals surface area contributed by atoms with Crippen LogP contribution in [0.4, 0.5) is 0 Å². The van der Waals surface area contributed by atoms with Gasteiger partial charge in [0, 0.05) is 23.5 Å². The monoisotopic (exact) mass is 280 g/mol. The van der Waals surface area contributed by atoms with Crippen molar-refractivity contribution in [1.29, 1.82) is 0 Å². The van der Waals surface area contributed by atoms with Gasteiger partial charge in [-0.3, -0.25) is 4.79 Å². The fourth-order valence-electron chi connectivity index (χ4n) is 2.28. The van der Waals surface area contributed by atoms with Crippen LogP contribution in [0.3, 0.4) is 0 Å². The second-order valence-corrected chi connectivity index (χ2v) is 5.88. The van der Waals surface area contributed by atoms with E-state index in [9.17, 15) is 4.79 Å². The van der Waals surface area contributed by atoms with Crippen molar-refractivity contribution in [1.82, 2.24) is 5.32 Å². The summed E-state index contributed by atoms with van der Waals surface area (Å²) in [5, 5.41) is 3.74. The maximum absolute atomic E-state index is 11.8. The lowest BCUT2D eigenvalue weighted by Gasteiger charge is -2.16. The third-order valence-electron chi connectivity index (χ3n) is 3.54. The minimum atomic E-state index is 0.0208. The normalized spacial score (nSPS) is 17.8. The molecule has 0 radical (unpaired) electrons. The lowest BCUT2D eigenvalue weighted by atomic mass is 10.1. The highest BCUT2D eigenvalue weighted by molar-refractivity contribution is 6.31. The number of carbonyl (C=O) groups excluding carboxylic acids is 1. The van der Waals surface area contributed by atoms with Crippen LogP contribution in [0, 0.1) is 5.92 Å². The highest BCUT2D eigenvalue weighted by Gasteiger charge is 2.29. The smallest absolute Gasteiger partial charge is 0.221 e. The van der Waals surface area contributed by atoms with Crippen LogP contribution in [-0.2, 0) is 11.2 Å². The number of hydrogen-bond acceptors (Lipinski definition) is 2. The van der Waals surface area contributed by atoms with E-state index in [0.29, 0.717) is 12.3 Å². The second-order valence-electron chi connectivity index (χ2n) is 5.47. The molecule has 1 aliphatic rings. The summed E-state index contributed by atoms with van der Waals surface area (Å²) in [5.41, 5.74) is 7.01. The van der Waals surface area contributed by atoms with Crippen molar-refractivity contribution in [3.8, 4) is 0 Å². The van der Waals surface area contributed by atoms with E-state index in [-0.39, 0.29) is 18.0 Å². The molecule has 0 aromatic heterocycles. The maximum Gasteiger partial charge on any atom is 0.221 e. The van der Waals surface area contributed by atoms with Crippen LogP contribution in [-0.4, -0.2) is 18.0 Å². The van der Waals surface area contributed by atoms with Gasteiger partial charge in [0.25, 0.3) is 0 Å². The molecule has 4 heteroatoms. The molecule has 19 heavy (non-hydrogen) atoms. The van der Waals surface area contributed by atoms with Gasteiger partial charge in [-0.15, -0.1) is 0 Å². The summed E-state index contributed by atoms with van der Waals surface area (Å²) in [6.45, 7) is 1.99. The van der Waals surface area contributed by atoms with Crippen LogP contribution < -0.4 is 11.1 Å². The van der Waals surface area contributed by atoms with Crippen molar-refractivity contribution in [3.05, 3.63) is 34.9 Å². The molecule has 1 saturated carbocycles. The van der Waals surface area contributed by atoms with E-state index >= 15 is 0 Å². The van der Waals surface area contributed by atoms with Gasteiger partial charge in [0.2, 0.25) is 5.91 Å². The molecule has 2 rings (SSSR count). The van der Waals surface area contributed by atoms with E-state index in [1.807, 2.05) is 31.2 Å². The minimum Gasteiger partial charge on any atom is -0.353 e. The highest BCUT2D eigenvalue weighted by Crippen LogP contribution is 2.32. The number of rotatable bonds is 6. The molecule has 1 aromatic rings. The molecule has 1 aliphatic carbocycles. The lowest BCUT2D eigenvalue weighted by Crippen LogP contribution is -2.38. The predicted molar refractivity (Wildman–Crippen MR) is 78.1 cm³/mol. The molecule has 104 valence electrons. The summed E-state index contributed by atoms with van der Waals surface area (Å²) < 4.78 is 0. The Hall–Kier alpha value is -1.06. The number of halogens is 1. The topological polar surface area (TPSA) is 55.1 Å². The predicted octanol–water partition coefficient (Wildman–Crippen LogP) is 2.51. The molecule has 0 spiro atoms. The zero-order valence-corrected chi connectivity index (χ0v) is 12.0. The SMILES string of the molecule is CC(Cc1ccccc1Cl)NC(=O)CC(N)C1CC1. The summed E-state index contributed by atoms with van der Waals surface area (Å²) in [6.07, 6.45) is 3.51. The van der Waals surface area contributed by atoms with E-state index in [2.05, 4.69) is 5.32 Å². The van der Waals surface area contributed by atoms with Crippen molar-refractivity contribution in [2.45, 2.75) is 44.7 Å². The molecule has 1 aromatic carbocycles. The number of nitrogens with two attached hydrogens (primary N) is 1. The standard InChI is InChI=1S/C15H21ClN2O/c1-10(8-12-4-2-3-5-13(12)16)18-15(19)9-14(17)11-6-7-11/h2-5,10-11,14H,6-9,17H2,1H3,(H,18,19). The fraction of sp³-hybridized carbons (Fsp3) is 0.533. The summed E-state index contributed by atoms with van der Waals surface area (Å²) in [7, 11) is 0. The molecule has 0 bridgehead atoms. The number of hydrogen-bond donors (Lipinski definition) is 2. The zero-order valence-electron chi connectivity index (χ0n) is 11.2. The van der Waals surface area contributed by atoms with Gasteiger partial charge in [-0.2, -0.15) is 0 Å². The Morgan fingerprint density at radius 3 is 2.79 bits per heavy atom. The molecule has 2 atom stereocenters.